The Morgan fingerprint density at radius 1 is 1.00 bits per heavy atom. The number of ether oxygens (including phenoxy) is 4. The SMILES string of the molecule is CCOC(=O)c1c(NC(=O)COC(=O)CNC(=O)c2ccccc2)sc(C)c1Cc1ccc2c(c1)OCO2. The van der Waals surface area contributed by atoms with Crippen molar-refractivity contribution < 1.29 is 38.1 Å². The second-order valence-electron chi connectivity index (χ2n) is 8.18. The Bertz CT molecular complexity index is 1350. The average Bonchev–Trinajstić information content (AvgIpc) is 3.50. The van der Waals surface area contributed by atoms with Crippen LogP contribution in [0.15, 0.2) is 48.5 Å². The van der Waals surface area contributed by atoms with E-state index in [-0.39, 0.29) is 19.0 Å². The highest BCUT2D eigenvalue weighted by Gasteiger charge is 2.25. The average molecular weight is 539 g/mol. The summed E-state index contributed by atoms with van der Waals surface area (Å²) < 4.78 is 21.0. The van der Waals surface area contributed by atoms with Crippen LogP contribution in [0.3, 0.4) is 0 Å². The highest BCUT2D eigenvalue weighted by Crippen LogP contribution is 2.37. The molecule has 0 aliphatic carbocycles. The monoisotopic (exact) mass is 538 g/mol. The Hall–Kier alpha value is -4.38. The Balaban J connectivity index is 1.39. The first kappa shape index (κ1) is 26.7. The molecule has 1 aromatic heterocycles. The van der Waals surface area contributed by atoms with Crippen molar-refractivity contribution in [2.45, 2.75) is 20.3 Å². The maximum absolute atomic E-state index is 12.9. The van der Waals surface area contributed by atoms with Crippen molar-refractivity contribution >= 4 is 40.1 Å². The summed E-state index contributed by atoms with van der Waals surface area (Å²) in [6.07, 6.45) is 0.402. The molecule has 11 heteroatoms. The first-order chi connectivity index (χ1) is 18.4. The normalized spacial score (nSPS) is 11.5. The van der Waals surface area contributed by atoms with Gasteiger partial charge in [0.25, 0.3) is 11.8 Å². The number of rotatable bonds is 10. The lowest BCUT2D eigenvalue weighted by Gasteiger charge is -2.10. The summed E-state index contributed by atoms with van der Waals surface area (Å²) in [6, 6.07) is 13.9. The van der Waals surface area contributed by atoms with E-state index in [1.807, 2.05) is 25.1 Å². The van der Waals surface area contributed by atoms with E-state index in [1.165, 1.54) is 11.3 Å². The van der Waals surface area contributed by atoms with Crippen molar-refractivity contribution in [1.82, 2.24) is 5.32 Å². The number of esters is 2. The van der Waals surface area contributed by atoms with Crippen molar-refractivity contribution in [2.24, 2.45) is 0 Å². The van der Waals surface area contributed by atoms with Crippen LogP contribution in [0.5, 0.6) is 11.5 Å². The molecule has 2 heterocycles. The number of anilines is 1. The van der Waals surface area contributed by atoms with Gasteiger partial charge in [-0.15, -0.1) is 11.3 Å². The molecule has 2 N–H and O–H groups in total. The molecule has 0 radical (unpaired) electrons. The fourth-order valence-corrected chi connectivity index (χ4v) is 4.83. The molecule has 198 valence electrons. The molecule has 10 nitrogen and oxygen atoms in total. The number of hydrogen-bond acceptors (Lipinski definition) is 9. The number of carbonyl (C=O) groups is 4. The van der Waals surface area contributed by atoms with Crippen molar-refractivity contribution in [3.05, 3.63) is 75.7 Å². The van der Waals surface area contributed by atoms with E-state index in [4.69, 9.17) is 18.9 Å². The van der Waals surface area contributed by atoms with E-state index in [9.17, 15) is 19.2 Å². The molecule has 0 atom stereocenters. The Kier molecular flexibility index (Phi) is 8.59. The van der Waals surface area contributed by atoms with Crippen LogP contribution in [0, 0.1) is 6.92 Å². The van der Waals surface area contributed by atoms with Crippen LogP contribution >= 0.6 is 11.3 Å². The lowest BCUT2D eigenvalue weighted by molar-refractivity contribution is -0.146. The molecule has 38 heavy (non-hydrogen) atoms. The number of thiophene rings is 1. The summed E-state index contributed by atoms with van der Waals surface area (Å²) in [4.78, 5) is 50.3. The van der Waals surface area contributed by atoms with Gasteiger partial charge in [0.2, 0.25) is 6.79 Å². The van der Waals surface area contributed by atoms with Gasteiger partial charge in [-0.1, -0.05) is 24.3 Å². The van der Waals surface area contributed by atoms with Gasteiger partial charge in [-0.25, -0.2) is 4.79 Å². The summed E-state index contributed by atoms with van der Waals surface area (Å²) in [5, 5.41) is 5.39. The maximum atomic E-state index is 12.9. The third-order valence-electron chi connectivity index (χ3n) is 5.55. The van der Waals surface area contributed by atoms with Gasteiger partial charge >= 0.3 is 11.9 Å². The number of hydrogen-bond donors (Lipinski definition) is 2. The number of fused-ring (bicyclic) bond motifs is 1. The fraction of sp³-hybridized carbons (Fsp3) is 0.259. The van der Waals surface area contributed by atoms with Crippen LogP contribution in [0.1, 0.15) is 43.6 Å². The molecule has 4 rings (SSSR count). The minimum absolute atomic E-state index is 0.157. The van der Waals surface area contributed by atoms with Crippen LogP contribution < -0.4 is 20.1 Å². The number of benzene rings is 2. The summed E-state index contributed by atoms with van der Waals surface area (Å²) in [5.74, 6) is -1.12. The molecule has 0 unspecified atom stereocenters. The van der Waals surface area contributed by atoms with E-state index in [0.29, 0.717) is 34.0 Å². The van der Waals surface area contributed by atoms with Crippen LogP contribution in [-0.4, -0.2) is 50.3 Å². The maximum Gasteiger partial charge on any atom is 0.341 e. The second-order valence-corrected chi connectivity index (χ2v) is 9.41. The topological polar surface area (TPSA) is 129 Å². The minimum Gasteiger partial charge on any atom is -0.462 e. The first-order valence-electron chi connectivity index (χ1n) is 11.8. The van der Waals surface area contributed by atoms with Gasteiger partial charge in [-0.2, -0.15) is 0 Å². The zero-order valence-electron chi connectivity index (χ0n) is 20.8. The van der Waals surface area contributed by atoms with Crippen molar-refractivity contribution in [1.29, 1.82) is 0 Å². The molecule has 1 aliphatic rings. The van der Waals surface area contributed by atoms with Gasteiger partial charge < -0.3 is 29.6 Å². The molecule has 0 saturated heterocycles. The smallest absolute Gasteiger partial charge is 0.341 e. The molecule has 3 aromatic rings. The van der Waals surface area contributed by atoms with Crippen molar-refractivity contribution in [2.75, 3.05) is 31.9 Å². The third-order valence-corrected chi connectivity index (χ3v) is 6.62. The molecule has 2 aromatic carbocycles. The predicted octanol–water partition coefficient (Wildman–Crippen LogP) is 3.46. The fourth-order valence-electron chi connectivity index (χ4n) is 3.76. The molecular weight excluding hydrogens is 512 g/mol. The summed E-state index contributed by atoms with van der Waals surface area (Å²) in [5.41, 5.74) is 2.25. The molecule has 2 amide bonds. The van der Waals surface area contributed by atoms with Gasteiger partial charge in [-0.3, -0.25) is 14.4 Å². The lowest BCUT2D eigenvalue weighted by Crippen LogP contribution is -2.32. The van der Waals surface area contributed by atoms with Crippen molar-refractivity contribution in [3.63, 3.8) is 0 Å². The van der Waals surface area contributed by atoms with Crippen LogP contribution in [0.2, 0.25) is 0 Å². The zero-order valence-corrected chi connectivity index (χ0v) is 21.6. The Morgan fingerprint density at radius 2 is 1.76 bits per heavy atom. The van der Waals surface area contributed by atoms with E-state index >= 15 is 0 Å². The molecule has 0 fully saturated rings. The van der Waals surface area contributed by atoms with Gasteiger partial charge in [0.15, 0.2) is 18.1 Å². The number of amides is 2. The third kappa shape index (κ3) is 6.48. The largest absolute Gasteiger partial charge is 0.462 e. The number of nitrogens with one attached hydrogen (secondary N) is 2. The van der Waals surface area contributed by atoms with E-state index in [2.05, 4.69) is 10.6 Å². The summed E-state index contributed by atoms with van der Waals surface area (Å²) >= 11 is 1.23. The summed E-state index contributed by atoms with van der Waals surface area (Å²) in [7, 11) is 0. The van der Waals surface area contributed by atoms with Crippen LogP contribution in [-0.2, 0) is 25.5 Å². The van der Waals surface area contributed by atoms with E-state index < -0.39 is 36.9 Å². The van der Waals surface area contributed by atoms with Gasteiger partial charge in [0, 0.05) is 10.4 Å². The van der Waals surface area contributed by atoms with Gasteiger partial charge in [-0.05, 0) is 55.7 Å². The first-order valence-corrected chi connectivity index (χ1v) is 12.6. The molecule has 1 aliphatic heterocycles. The predicted molar refractivity (Wildman–Crippen MR) is 139 cm³/mol. The molecular formula is C27H26N2O8S. The minimum atomic E-state index is -0.777. The van der Waals surface area contributed by atoms with Crippen LogP contribution in [0.4, 0.5) is 5.00 Å². The van der Waals surface area contributed by atoms with Gasteiger partial charge in [0.1, 0.15) is 11.5 Å². The van der Waals surface area contributed by atoms with Gasteiger partial charge in [0.05, 0.1) is 12.2 Å². The standard InChI is InChI=1S/C27H26N2O8S/c1-3-34-27(33)24-19(11-17-9-10-20-21(12-17)37-15-36-20)16(2)38-26(24)29-22(30)14-35-23(31)13-28-25(32)18-7-5-4-6-8-18/h4-10,12H,3,11,13-15H2,1-2H3,(H,28,32)(H,29,30). The molecule has 0 spiro atoms. The highest BCUT2D eigenvalue weighted by atomic mass is 32.1. The Labute approximate surface area is 222 Å². The quantitative estimate of drug-likeness (QED) is 0.376. The molecule has 0 saturated carbocycles. The number of aryl methyl sites for hydroxylation is 1. The van der Waals surface area contributed by atoms with Crippen LogP contribution in [0.25, 0.3) is 0 Å². The number of carbonyl (C=O) groups excluding carboxylic acids is 4. The van der Waals surface area contributed by atoms with E-state index in [0.717, 1.165) is 10.4 Å². The van der Waals surface area contributed by atoms with Crippen molar-refractivity contribution in [3.8, 4) is 11.5 Å². The summed E-state index contributed by atoms with van der Waals surface area (Å²) in [6.45, 7) is 2.88. The highest BCUT2D eigenvalue weighted by molar-refractivity contribution is 7.16. The molecule has 0 bridgehead atoms. The Morgan fingerprint density at radius 3 is 2.53 bits per heavy atom. The second kappa shape index (κ2) is 12.2. The lowest BCUT2D eigenvalue weighted by atomic mass is 10.0. The zero-order chi connectivity index (χ0) is 27.1. The van der Waals surface area contributed by atoms with E-state index in [1.54, 1.807) is 37.3 Å².